The molecule has 0 unspecified atom stereocenters. The van der Waals surface area contributed by atoms with E-state index in [4.69, 9.17) is 39.0 Å². The summed E-state index contributed by atoms with van der Waals surface area (Å²) in [5.74, 6) is 1.51. The van der Waals surface area contributed by atoms with Crippen LogP contribution in [0.5, 0.6) is 11.5 Å². The lowest BCUT2D eigenvalue weighted by atomic mass is 10.2. The molecule has 2 aromatic rings. The fourth-order valence-corrected chi connectivity index (χ4v) is 2.04. The summed E-state index contributed by atoms with van der Waals surface area (Å²) < 4.78 is 11.2. The highest BCUT2D eigenvalue weighted by atomic mass is 35.5. The number of thiocarbonyl (C=S) groups is 1. The van der Waals surface area contributed by atoms with Crippen LogP contribution in [0.1, 0.15) is 12.0 Å². The van der Waals surface area contributed by atoms with Crippen molar-refractivity contribution in [1.82, 2.24) is 0 Å². The summed E-state index contributed by atoms with van der Waals surface area (Å²) in [4.78, 5) is 0.365. The first-order valence-corrected chi connectivity index (χ1v) is 7.35. The Hall–Kier alpha value is -1.78. The highest BCUT2D eigenvalue weighted by molar-refractivity contribution is 7.80. The number of ether oxygens (including phenoxy) is 2. The van der Waals surface area contributed by atoms with Crippen LogP contribution in [0, 0.1) is 0 Å². The van der Waals surface area contributed by atoms with Gasteiger partial charge in [-0.1, -0.05) is 42.0 Å². The summed E-state index contributed by atoms with van der Waals surface area (Å²) in [5.41, 5.74) is 6.38. The number of hydrogen-bond acceptors (Lipinski definition) is 3. The average molecular weight is 322 g/mol. The molecule has 5 heteroatoms. The van der Waals surface area contributed by atoms with Gasteiger partial charge in [-0.3, -0.25) is 0 Å². The predicted octanol–water partition coefficient (Wildman–Crippen LogP) is 3.82. The highest BCUT2D eigenvalue weighted by Gasteiger charge is 2.00. The first kappa shape index (κ1) is 15.6. The molecule has 0 radical (unpaired) electrons. The van der Waals surface area contributed by atoms with E-state index in [-0.39, 0.29) is 0 Å². The van der Waals surface area contributed by atoms with Crippen LogP contribution in [0.25, 0.3) is 0 Å². The molecule has 0 heterocycles. The zero-order valence-electron chi connectivity index (χ0n) is 11.4. The molecule has 2 aromatic carbocycles. The minimum atomic E-state index is 0.365. The van der Waals surface area contributed by atoms with Crippen molar-refractivity contribution in [3.05, 3.63) is 59.1 Å². The van der Waals surface area contributed by atoms with E-state index in [0.717, 1.165) is 23.5 Å². The second-order valence-electron chi connectivity index (χ2n) is 4.40. The fraction of sp³-hybridized carbons (Fsp3) is 0.188. The molecule has 0 saturated carbocycles. The van der Waals surface area contributed by atoms with Crippen molar-refractivity contribution in [2.75, 3.05) is 13.2 Å². The highest BCUT2D eigenvalue weighted by Crippen LogP contribution is 2.17. The SMILES string of the molecule is NC(=S)c1cccc(OCCCOc2cccc(Cl)c2)c1. The van der Waals surface area contributed by atoms with Crippen LogP contribution < -0.4 is 15.2 Å². The smallest absolute Gasteiger partial charge is 0.120 e. The van der Waals surface area contributed by atoms with Crippen LogP contribution in [0.2, 0.25) is 5.02 Å². The number of hydrogen-bond donors (Lipinski definition) is 1. The summed E-state index contributed by atoms with van der Waals surface area (Å²) in [5, 5.41) is 0.665. The Morgan fingerprint density at radius 2 is 1.62 bits per heavy atom. The number of halogens is 1. The Morgan fingerprint density at radius 3 is 2.24 bits per heavy atom. The van der Waals surface area contributed by atoms with Gasteiger partial charge in [0, 0.05) is 17.0 Å². The zero-order valence-corrected chi connectivity index (χ0v) is 13.0. The number of rotatable bonds is 7. The van der Waals surface area contributed by atoms with Gasteiger partial charge in [0.15, 0.2) is 0 Å². The van der Waals surface area contributed by atoms with Crippen molar-refractivity contribution in [3.63, 3.8) is 0 Å². The van der Waals surface area contributed by atoms with Crippen molar-refractivity contribution in [1.29, 1.82) is 0 Å². The lowest BCUT2D eigenvalue weighted by Gasteiger charge is -2.09. The summed E-state index contributed by atoms with van der Waals surface area (Å²) in [6.07, 6.45) is 0.768. The average Bonchev–Trinajstić information content (AvgIpc) is 2.47. The van der Waals surface area contributed by atoms with Gasteiger partial charge in [-0.2, -0.15) is 0 Å². The molecule has 0 aliphatic heterocycles. The maximum Gasteiger partial charge on any atom is 0.120 e. The molecule has 0 fully saturated rings. The molecule has 0 aromatic heterocycles. The standard InChI is InChI=1S/C16H16ClNO2S/c17-13-5-2-7-15(11-13)20-9-3-8-19-14-6-1-4-12(10-14)16(18)21/h1-2,4-7,10-11H,3,8-9H2,(H2,18,21). The molecule has 110 valence electrons. The third-order valence-corrected chi connectivity index (χ3v) is 3.21. The fourth-order valence-electron chi connectivity index (χ4n) is 1.73. The van der Waals surface area contributed by atoms with Crippen LogP contribution >= 0.6 is 23.8 Å². The first-order valence-electron chi connectivity index (χ1n) is 6.56. The number of benzene rings is 2. The van der Waals surface area contributed by atoms with Gasteiger partial charge in [-0.25, -0.2) is 0 Å². The third kappa shape index (κ3) is 5.25. The van der Waals surface area contributed by atoms with E-state index in [9.17, 15) is 0 Å². The summed E-state index contributed by atoms with van der Waals surface area (Å²) in [7, 11) is 0. The Labute approximate surface area is 134 Å². The predicted molar refractivity (Wildman–Crippen MR) is 89.4 cm³/mol. The van der Waals surface area contributed by atoms with E-state index in [0.29, 0.717) is 23.2 Å². The van der Waals surface area contributed by atoms with Gasteiger partial charge in [-0.15, -0.1) is 0 Å². The Morgan fingerprint density at radius 1 is 1.00 bits per heavy atom. The summed E-state index contributed by atoms with van der Waals surface area (Å²) in [6, 6.07) is 14.8. The molecule has 3 nitrogen and oxygen atoms in total. The summed E-state index contributed by atoms with van der Waals surface area (Å²) in [6.45, 7) is 1.12. The van der Waals surface area contributed by atoms with Crippen molar-refractivity contribution in [3.8, 4) is 11.5 Å². The molecule has 21 heavy (non-hydrogen) atoms. The number of nitrogens with two attached hydrogens (primary N) is 1. The zero-order chi connectivity index (χ0) is 15.1. The summed E-state index contributed by atoms with van der Waals surface area (Å²) >= 11 is 10.8. The molecule has 0 aliphatic carbocycles. The van der Waals surface area contributed by atoms with Crippen molar-refractivity contribution in [2.24, 2.45) is 5.73 Å². The molecular formula is C16H16ClNO2S. The van der Waals surface area contributed by atoms with Crippen LogP contribution in [0.15, 0.2) is 48.5 Å². The maximum atomic E-state index is 5.88. The van der Waals surface area contributed by atoms with E-state index >= 15 is 0 Å². The molecule has 0 atom stereocenters. The molecular weight excluding hydrogens is 306 g/mol. The van der Waals surface area contributed by atoms with E-state index < -0.39 is 0 Å². The first-order chi connectivity index (χ1) is 10.1. The van der Waals surface area contributed by atoms with Gasteiger partial charge in [0.25, 0.3) is 0 Å². The van der Waals surface area contributed by atoms with E-state index in [2.05, 4.69) is 0 Å². The topological polar surface area (TPSA) is 44.5 Å². The Kier molecular flexibility index (Phi) is 5.84. The van der Waals surface area contributed by atoms with Crippen LogP contribution in [0.3, 0.4) is 0 Å². The molecule has 0 amide bonds. The van der Waals surface area contributed by atoms with E-state index in [1.54, 1.807) is 6.07 Å². The quantitative estimate of drug-likeness (QED) is 0.622. The molecule has 0 saturated heterocycles. The van der Waals surface area contributed by atoms with Crippen molar-refractivity contribution < 1.29 is 9.47 Å². The maximum absolute atomic E-state index is 5.88. The third-order valence-electron chi connectivity index (χ3n) is 2.74. The lowest BCUT2D eigenvalue weighted by molar-refractivity contribution is 0.247. The molecule has 0 spiro atoms. The van der Waals surface area contributed by atoms with E-state index in [1.807, 2.05) is 42.5 Å². The second kappa shape index (κ2) is 7.86. The molecule has 2 rings (SSSR count). The van der Waals surface area contributed by atoms with E-state index in [1.165, 1.54) is 0 Å². The molecule has 0 aliphatic rings. The van der Waals surface area contributed by atoms with Crippen molar-refractivity contribution in [2.45, 2.75) is 6.42 Å². The van der Waals surface area contributed by atoms with Gasteiger partial charge < -0.3 is 15.2 Å². The largest absolute Gasteiger partial charge is 0.493 e. The Bertz CT molecular complexity index is 619. The normalized spacial score (nSPS) is 10.1. The van der Waals surface area contributed by atoms with Crippen LogP contribution in [0.4, 0.5) is 0 Å². The van der Waals surface area contributed by atoms with Gasteiger partial charge in [0.2, 0.25) is 0 Å². The minimum Gasteiger partial charge on any atom is -0.493 e. The van der Waals surface area contributed by atoms with Crippen LogP contribution in [-0.2, 0) is 0 Å². The van der Waals surface area contributed by atoms with Crippen molar-refractivity contribution >= 4 is 28.8 Å². The van der Waals surface area contributed by atoms with Gasteiger partial charge >= 0.3 is 0 Å². The second-order valence-corrected chi connectivity index (χ2v) is 5.28. The molecule has 0 bridgehead atoms. The monoisotopic (exact) mass is 321 g/mol. The van der Waals surface area contributed by atoms with Gasteiger partial charge in [0.05, 0.1) is 13.2 Å². The lowest BCUT2D eigenvalue weighted by Crippen LogP contribution is -2.10. The van der Waals surface area contributed by atoms with Crippen LogP contribution in [-0.4, -0.2) is 18.2 Å². The minimum absolute atomic E-state index is 0.365. The molecule has 2 N–H and O–H groups in total. The van der Waals surface area contributed by atoms with Gasteiger partial charge in [0.1, 0.15) is 16.5 Å². The van der Waals surface area contributed by atoms with Gasteiger partial charge in [-0.05, 0) is 30.3 Å². The Balaban J connectivity index is 1.72.